The molecule has 3 aromatic rings. The van der Waals surface area contributed by atoms with Crippen LogP contribution >= 0.6 is 11.6 Å². The number of nitrogens with one attached hydrogen (secondary N) is 2. The molecule has 3 rings (SSSR count). The maximum absolute atomic E-state index is 12.5. The number of rotatable bonds is 4. The predicted molar refractivity (Wildman–Crippen MR) is 103 cm³/mol. The number of hydrogen-bond acceptors (Lipinski definition) is 4. The summed E-state index contributed by atoms with van der Waals surface area (Å²) in [6.07, 6.45) is 1.54. The minimum atomic E-state index is -0.326. The van der Waals surface area contributed by atoms with E-state index in [2.05, 4.69) is 21.7 Å². The van der Waals surface area contributed by atoms with Gasteiger partial charge in [-0.25, -0.2) is 0 Å². The van der Waals surface area contributed by atoms with E-state index in [-0.39, 0.29) is 11.6 Å². The molecule has 0 unspecified atom stereocenters. The molecule has 0 spiro atoms. The van der Waals surface area contributed by atoms with Gasteiger partial charge in [0, 0.05) is 22.6 Å². The number of aromatic nitrogens is 1. The topological polar surface area (TPSA) is 77.8 Å². The van der Waals surface area contributed by atoms with Crippen molar-refractivity contribution in [3.63, 3.8) is 0 Å². The van der Waals surface area contributed by atoms with Gasteiger partial charge in [0.1, 0.15) is 11.8 Å². The van der Waals surface area contributed by atoms with E-state index in [9.17, 15) is 10.1 Å². The molecular formula is C20H15ClN4O. The first-order valence-corrected chi connectivity index (χ1v) is 8.24. The second kappa shape index (κ2) is 7.68. The van der Waals surface area contributed by atoms with E-state index >= 15 is 0 Å². The Balaban J connectivity index is 1.80. The molecule has 0 bridgehead atoms. The molecule has 2 N–H and O–H groups in total. The van der Waals surface area contributed by atoms with Crippen LogP contribution in [0.2, 0.25) is 5.02 Å². The Morgan fingerprint density at radius 1 is 1.12 bits per heavy atom. The van der Waals surface area contributed by atoms with E-state index in [4.69, 9.17) is 11.6 Å². The minimum Gasteiger partial charge on any atom is -0.354 e. The lowest BCUT2D eigenvalue weighted by Crippen LogP contribution is -2.14. The van der Waals surface area contributed by atoms with Gasteiger partial charge in [0.2, 0.25) is 0 Å². The zero-order valence-electron chi connectivity index (χ0n) is 14.0. The first-order chi connectivity index (χ1) is 12.6. The van der Waals surface area contributed by atoms with Crippen LogP contribution in [-0.2, 0) is 0 Å². The fraction of sp³-hybridized carbons (Fsp3) is 0.0500. The van der Waals surface area contributed by atoms with Gasteiger partial charge >= 0.3 is 0 Å². The number of hydrogen-bond donors (Lipinski definition) is 2. The summed E-state index contributed by atoms with van der Waals surface area (Å²) in [5, 5.41) is 15.8. The molecule has 2 aromatic carbocycles. The Hall–Kier alpha value is -3.36. The van der Waals surface area contributed by atoms with Crippen LogP contribution in [-0.4, -0.2) is 10.9 Å². The zero-order valence-corrected chi connectivity index (χ0v) is 14.7. The number of pyridine rings is 1. The number of benzene rings is 2. The van der Waals surface area contributed by atoms with Gasteiger partial charge in [-0.2, -0.15) is 5.26 Å². The van der Waals surface area contributed by atoms with E-state index in [1.165, 1.54) is 0 Å². The zero-order chi connectivity index (χ0) is 18.5. The van der Waals surface area contributed by atoms with Crippen molar-refractivity contribution < 1.29 is 4.79 Å². The number of carbonyl (C=O) groups excluding carboxylic acids is 1. The summed E-state index contributed by atoms with van der Waals surface area (Å²) < 4.78 is 0. The van der Waals surface area contributed by atoms with Crippen molar-refractivity contribution in [3.05, 3.63) is 82.6 Å². The van der Waals surface area contributed by atoms with Gasteiger partial charge in [-0.05, 0) is 55.0 Å². The van der Waals surface area contributed by atoms with Gasteiger partial charge in [0.25, 0.3) is 5.91 Å². The first kappa shape index (κ1) is 17.5. The number of carbonyl (C=O) groups is 1. The van der Waals surface area contributed by atoms with Gasteiger partial charge in [-0.1, -0.05) is 23.7 Å². The molecular weight excluding hydrogens is 348 g/mol. The Labute approximate surface area is 156 Å². The Morgan fingerprint density at radius 3 is 2.69 bits per heavy atom. The molecule has 0 fully saturated rings. The molecule has 0 aliphatic rings. The second-order valence-corrected chi connectivity index (χ2v) is 6.06. The monoisotopic (exact) mass is 362 g/mol. The molecule has 5 nitrogen and oxygen atoms in total. The highest BCUT2D eigenvalue weighted by Crippen LogP contribution is 2.22. The number of anilines is 3. The van der Waals surface area contributed by atoms with Crippen molar-refractivity contribution in [1.82, 2.24) is 4.98 Å². The van der Waals surface area contributed by atoms with Crippen molar-refractivity contribution in [1.29, 1.82) is 5.26 Å². The maximum atomic E-state index is 12.5. The van der Waals surface area contributed by atoms with E-state index in [1.54, 1.807) is 54.7 Å². The van der Waals surface area contributed by atoms with Crippen LogP contribution in [0.25, 0.3) is 0 Å². The lowest BCUT2D eigenvalue weighted by Gasteiger charge is -2.11. The molecule has 128 valence electrons. The van der Waals surface area contributed by atoms with Gasteiger partial charge in [-0.3, -0.25) is 9.78 Å². The fourth-order valence-corrected chi connectivity index (χ4v) is 2.66. The molecule has 0 radical (unpaired) electrons. The minimum absolute atomic E-state index is 0.263. The first-order valence-electron chi connectivity index (χ1n) is 7.86. The van der Waals surface area contributed by atoms with Crippen LogP contribution in [0, 0.1) is 18.3 Å². The maximum Gasteiger partial charge on any atom is 0.274 e. The quantitative estimate of drug-likeness (QED) is 0.691. The molecule has 0 saturated heterocycles. The lowest BCUT2D eigenvalue weighted by atomic mass is 10.2. The molecule has 26 heavy (non-hydrogen) atoms. The molecule has 0 atom stereocenters. The SMILES string of the molecule is Cc1cc(Cl)ccc1NC(=O)c1cc(Nc2ccccc2C#N)ccn1. The standard InChI is InChI=1S/C20H15ClN4O/c1-13-10-15(21)6-7-17(13)25-20(26)19-11-16(8-9-23-19)24-18-5-3-2-4-14(18)12-22/h2-11H,1H3,(H,23,24)(H,25,26). The van der Waals surface area contributed by atoms with Crippen molar-refractivity contribution in [2.45, 2.75) is 6.92 Å². The van der Waals surface area contributed by atoms with Crippen LogP contribution in [0.15, 0.2) is 60.8 Å². The average molecular weight is 363 g/mol. The summed E-state index contributed by atoms with van der Waals surface area (Å²) in [4.78, 5) is 16.6. The Kier molecular flexibility index (Phi) is 5.16. The third-order valence-corrected chi connectivity index (χ3v) is 3.99. The number of aryl methyl sites for hydroxylation is 1. The third-order valence-electron chi connectivity index (χ3n) is 3.76. The molecule has 0 aliphatic carbocycles. The van der Waals surface area contributed by atoms with Crippen molar-refractivity contribution in [3.8, 4) is 6.07 Å². The molecule has 0 aliphatic heterocycles. The van der Waals surface area contributed by atoms with Gasteiger partial charge in [-0.15, -0.1) is 0 Å². The molecule has 0 saturated carbocycles. The highest BCUT2D eigenvalue weighted by molar-refractivity contribution is 6.30. The molecule has 1 amide bonds. The largest absolute Gasteiger partial charge is 0.354 e. The number of halogens is 1. The Bertz CT molecular complexity index is 1010. The van der Waals surface area contributed by atoms with E-state index in [1.807, 2.05) is 13.0 Å². The summed E-state index contributed by atoms with van der Waals surface area (Å²) in [6, 6.07) is 17.9. The van der Waals surface area contributed by atoms with E-state index in [0.717, 1.165) is 5.56 Å². The number of amides is 1. The van der Waals surface area contributed by atoms with Crippen LogP contribution in [0.5, 0.6) is 0 Å². The van der Waals surface area contributed by atoms with Crippen molar-refractivity contribution >= 4 is 34.6 Å². The summed E-state index contributed by atoms with van der Waals surface area (Å²) in [6.45, 7) is 1.87. The fourth-order valence-electron chi connectivity index (χ4n) is 2.43. The molecule has 1 aromatic heterocycles. The second-order valence-electron chi connectivity index (χ2n) is 5.63. The van der Waals surface area contributed by atoms with Crippen molar-refractivity contribution in [2.24, 2.45) is 0 Å². The number of nitrogens with zero attached hydrogens (tertiary/aromatic N) is 2. The number of nitriles is 1. The van der Waals surface area contributed by atoms with Gasteiger partial charge in [0.15, 0.2) is 0 Å². The molecule has 1 heterocycles. The average Bonchev–Trinajstić information content (AvgIpc) is 2.64. The third kappa shape index (κ3) is 4.00. The van der Waals surface area contributed by atoms with Crippen LogP contribution < -0.4 is 10.6 Å². The summed E-state index contributed by atoms with van der Waals surface area (Å²) in [5.41, 5.74) is 3.66. The van der Waals surface area contributed by atoms with Gasteiger partial charge in [0.05, 0.1) is 11.3 Å². The Morgan fingerprint density at radius 2 is 1.92 bits per heavy atom. The summed E-state index contributed by atoms with van der Waals surface area (Å²) >= 11 is 5.94. The van der Waals surface area contributed by atoms with Crippen molar-refractivity contribution in [2.75, 3.05) is 10.6 Å². The lowest BCUT2D eigenvalue weighted by molar-refractivity contribution is 0.102. The summed E-state index contributed by atoms with van der Waals surface area (Å²) in [5.74, 6) is -0.326. The number of para-hydroxylation sites is 1. The normalized spacial score (nSPS) is 10.0. The van der Waals surface area contributed by atoms with Crippen LogP contribution in [0.4, 0.5) is 17.1 Å². The highest BCUT2D eigenvalue weighted by Gasteiger charge is 2.11. The summed E-state index contributed by atoms with van der Waals surface area (Å²) in [7, 11) is 0. The molecule has 6 heteroatoms. The van der Waals surface area contributed by atoms with Crippen LogP contribution in [0.3, 0.4) is 0 Å². The van der Waals surface area contributed by atoms with Crippen LogP contribution in [0.1, 0.15) is 21.6 Å². The smallest absolute Gasteiger partial charge is 0.274 e. The van der Waals surface area contributed by atoms with E-state index < -0.39 is 0 Å². The highest BCUT2D eigenvalue weighted by atomic mass is 35.5. The predicted octanol–water partition coefficient (Wildman–Crippen LogP) is 4.91. The van der Waals surface area contributed by atoms with E-state index in [0.29, 0.717) is 27.6 Å². The van der Waals surface area contributed by atoms with Gasteiger partial charge < -0.3 is 10.6 Å².